The van der Waals surface area contributed by atoms with Crippen molar-refractivity contribution in [3.05, 3.63) is 77.6 Å². The van der Waals surface area contributed by atoms with Crippen LogP contribution in [0.1, 0.15) is 43.7 Å². The van der Waals surface area contributed by atoms with E-state index in [1.165, 1.54) is 20.3 Å². The Morgan fingerprint density at radius 2 is 1.78 bits per heavy atom. The molecule has 36 heavy (non-hydrogen) atoms. The number of carboxylic acid groups (broad SMARTS) is 1. The van der Waals surface area contributed by atoms with Gasteiger partial charge in [0.1, 0.15) is 17.3 Å². The summed E-state index contributed by atoms with van der Waals surface area (Å²) in [6.45, 7) is 5.90. The molecule has 1 aliphatic rings. The van der Waals surface area contributed by atoms with Crippen LogP contribution in [0.5, 0.6) is 0 Å². The number of esters is 2. The van der Waals surface area contributed by atoms with Gasteiger partial charge in [0.15, 0.2) is 0 Å². The second-order valence-corrected chi connectivity index (χ2v) is 8.34. The lowest BCUT2D eigenvalue weighted by Gasteiger charge is -2.34. The highest BCUT2D eigenvalue weighted by atomic mass is 16.5. The van der Waals surface area contributed by atoms with Gasteiger partial charge in [0.2, 0.25) is 0 Å². The molecule has 0 spiro atoms. The standard InChI is InChI=1S/C28H34O8/c1-20(2)27(32)35-17-9-5-6-10-18-36-28(16-15-22(26(30)31)24(19-28)33-3)23-12-8-7-11-21(23)13-14-25(29)34-4/h7-8,11-16,19,22H,1,5-6,9-10,17-18H2,2-4H3,(H,30,31)/b14-13+. The molecule has 194 valence electrons. The number of carbonyl (C=O) groups excluding carboxylic acids is 2. The first-order valence-electron chi connectivity index (χ1n) is 11.7. The zero-order chi connectivity index (χ0) is 26.6. The molecule has 2 atom stereocenters. The van der Waals surface area contributed by atoms with E-state index in [1.54, 1.807) is 31.2 Å². The molecule has 0 fully saturated rings. The Balaban J connectivity index is 2.18. The number of aliphatic carboxylic acids is 1. The van der Waals surface area contributed by atoms with Gasteiger partial charge in [-0.25, -0.2) is 9.59 Å². The van der Waals surface area contributed by atoms with Crippen LogP contribution >= 0.6 is 0 Å². The average molecular weight is 499 g/mol. The van der Waals surface area contributed by atoms with E-state index >= 15 is 0 Å². The minimum atomic E-state index is -1.09. The average Bonchev–Trinajstić information content (AvgIpc) is 2.88. The van der Waals surface area contributed by atoms with Crippen molar-refractivity contribution in [2.75, 3.05) is 27.4 Å². The summed E-state index contributed by atoms with van der Waals surface area (Å²) in [5, 5.41) is 9.58. The largest absolute Gasteiger partial charge is 0.500 e. The third-order valence-electron chi connectivity index (χ3n) is 5.64. The zero-order valence-corrected chi connectivity index (χ0v) is 21.0. The van der Waals surface area contributed by atoms with Gasteiger partial charge in [0.25, 0.3) is 0 Å². The summed E-state index contributed by atoms with van der Waals surface area (Å²) in [5.74, 6) is -2.57. The number of unbranched alkanes of at least 4 members (excludes halogenated alkanes) is 3. The van der Waals surface area contributed by atoms with Crippen molar-refractivity contribution >= 4 is 24.0 Å². The van der Waals surface area contributed by atoms with Gasteiger partial charge in [-0.05, 0) is 55.5 Å². The molecule has 1 aromatic carbocycles. The maximum absolute atomic E-state index is 11.7. The Morgan fingerprint density at radius 3 is 2.42 bits per heavy atom. The fraction of sp³-hybridized carbons (Fsp3) is 0.393. The van der Waals surface area contributed by atoms with Gasteiger partial charge >= 0.3 is 17.9 Å². The fourth-order valence-corrected chi connectivity index (χ4v) is 3.72. The molecular weight excluding hydrogens is 464 g/mol. The molecule has 0 aliphatic heterocycles. The topological polar surface area (TPSA) is 108 Å². The van der Waals surface area contributed by atoms with E-state index < -0.39 is 23.5 Å². The van der Waals surface area contributed by atoms with Crippen LogP contribution in [0.4, 0.5) is 0 Å². The van der Waals surface area contributed by atoms with E-state index in [0.29, 0.717) is 24.4 Å². The van der Waals surface area contributed by atoms with Crippen molar-refractivity contribution in [1.82, 2.24) is 0 Å². The number of benzene rings is 1. The maximum atomic E-state index is 11.7. The summed E-state index contributed by atoms with van der Waals surface area (Å²) in [6, 6.07) is 7.38. The second kappa shape index (κ2) is 14.0. The summed E-state index contributed by atoms with van der Waals surface area (Å²) in [6.07, 6.45) is 11.1. The molecule has 8 nitrogen and oxygen atoms in total. The smallest absolute Gasteiger partial charge is 0.333 e. The molecule has 0 aromatic heterocycles. The quantitative estimate of drug-likeness (QED) is 0.172. The highest BCUT2D eigenvalue weighted by Crippen LogP contribution is 2.39. The number of carbonyl (C=O) groups is 3. The second-order valence-electron chi connectivity index (χ2n) is 8.34. The van der Waals surface area contributed by atoms with Crippen LogP contribution in [-0.2, 0) is 38.9 Å². The van der Waals surface area contributed by atoms with Crippen LogP contribution in [0, 0.1) is 5.92 Å². The number of ether oxygens (including phenoxy) is 4. The van der Waals surface area contributed by atoms with Gasteiger partial charge in [-0.3, -0.25) is 4.79 Å². The molecule has 0 radical (unpaired) electrons. The van der Waals surface area contributed by atoms with Gasteiger partial charge in [0, 0.05) is 18.3 Å². The molecule has 1 aromatic rings. The zero-order valence-electron chi connectivity index (χ0n) is 21.0. The van der Waals surface area contributed by atoms with Crippen LogP contribution in [0.2, 0.25) is 0 Å². The van der Waals surface area contributed by atoms with E-state index in [1.807, 2.05) is 24.3 Å². The van der Waals surface area contributed by atoms with E-state index in [2.05, 4.69) is 6.58 Å². The number of hydrogen-bond donors (Lipinski definition) is 1. The van der Waals surface area contributed by atoms with E-state index in [-0.39, 0.29) is 11.7 Å². The van der Waals surface area contributed by atoms with Crippen molar-refractivity contribution < 1.29 is 38.4 Å². The Kier molecular flexibility index (Phi) is 11.1. The SMILES string of the molecule is C=C(C)C(=O)OCCCCCCOC1(c2ccccc2/C=C/C(=O)OC)C=CC(C(=O)O)C(OC)=C1. The van der Waals surface area contributed by atoms with Gasteiger partial charge in [-0.2, -0.15) is 0 Å². The van der Waals surface area contributed by atoms with Crippen molar-refractivity contribution in [2.24, 2.45) is 5.92 Å². The summed E-state index contributed by atoms with van der Waals surface area (Å²) >= 11 is 0. The van der Waals surface area contributed by atoms with E-state index in [4.69, 9.17) is 18.9 Å². The first-order valence-corrected chi connectivity index (χ1v) is 11.7. The van der Waals surface area contributed by atoms with Crippen LogP contribution in [0.15, 0.2) is 66.5 Å². The molecule has 0 heterocycles. The molecule has 0 saturated carbocycles. The van der Waals surface area contributed by atoms with Gasteiger partial charge < -0.3 is 24.1 Å². The highest BCUT2D eigenvalue weighted by Gasteiger charge is 2.37. The van der Waals surface area contributed by atoms with Crippen molar-refractivity contribution in [1.29, 1.82) is 0 Å². The lowest BCUT2D eigenvalue weighted by atomic mass is 9.82. The first kappa shape index (κ1) is 28.6. The molecule has 8 heteroatoms. The summed E-state index contributed by atoms with van der Waals surface area (Å²) in [7, 11) is 2.73. The highest BCUT2D eigenvalue weighted by molar-refractivity contribution is 5.87. The summed E-state index contributed by atoms with van der Waals surface area (Å²) in [5.41, 5.74) is 0.731. The molecule has 0 bridgehead atoms. The number of carboxylic acids is 1. The lowest BCUT2D eigenvalue weighted by Crippen LogP contribution is -2.32. The Hall–Kier alpha value is -3.65. The van der Waals surface area contributed by atoms with Crippen molar-refractivity contribution in [3.8, 4) is 0 Å². The predicted octanol–water partition coefficient (Wildman–Crippen LogP) is 4.57. The van der Waals surface area contributed by atoms with Crippen LogP contribution < -0.4 is 0 Å². The summed E-state index contributed by atoms with van der Waals surface area (Å²) in [4.78, 5) is 34.8. The molecular formula is C28H34O8. The normalized spacial score (nSPS) is 19.0. The Labute approximate surface area is 211 Å². The van der Waals surface area contributed by atoms with Gasteiger partial charge in [0.05, 0.1) is 20.8 Å². The van der Waals surface area contributed by atoms with Crippen molar-refractivity contribution in [2.45, 2.75) is 38.2 Å². The number of rotatable bonds is 14. The van der Waals surface area contributed by atoms with Crippen LogP contribution in [-0.4, -0.2) is 50.4 Å². The monoisotopic (exact) mass is 498 g/mol. The molecule has 0 amide bonds. The van der Waals surface area contributed by atoms with Crippen LogP contribution in [0.3, 0.4) is 0 Å². The lowest BCUT2D eigenvalue weighted by molar-refractivity contribution is -0.140. The third-order valence-corrected chi connectivity index (χ3v) is 5.64. The van der Waals surface area contributed by atoms with E-state index in [0.717, 1.165) is 31.2 Å². The van der Waals surface area contributed by atoms with E-state index in [9.17, 15) is 19.5 Å². The molecule has 0 saturated heterocycles. The molecule has 1 N–H and O–H groups in total. The minimum Gasteiger partial charge on any atom is -0.500 e. The van der Waals surface area contributed by atoms with Gasteiger partial charge in [-0.1, -0.05) is 43.3 Å². The number of hydrogen-bond acceptors (Lipinski definition) is 7. The molecule has 2 rings (SSSR count). The Morgan fingerprint density at radius 1 is 1.08 bits per heavy atom. The number of methoxy groups -OCH3 is 2. The van der Waals surface area contributed by atoms with Crippen LogP contribution in [0.25, 0.3) is 6.08 Å². The minimum absolute atomic E-state index is 0.260. The summed E-state index contributed by atoms with van der Waals surface area (Å²) < 4.78 is 21.6. The Bertz CT molecular complexity index is 1040. The molecule has 1 aliphatic carbocycles. The predicted molar refractivity (Wildman–Crippen MR) is 135 cm³/mol. The third kappa shape index (κ3) is 7.95. The maximum Gasteiger partial charge on any atom is 0.333 e. The van der Waals surface area contributed by atoms with Crippen molar-refractivity contribution in [3.63, 3.8) is 0 Å². The molecule has 2 unspecified atom stereocenters. The first-order chi connectivity index (χ1) is 17.2. The van der Waals surface area contributed by atoms with Gasteiger partial charge in [-0.15, -0.1) is 0 Å². The fourth-order valence-electron chi connectivity index (χ4n) is 3.72.